The number of esters is 2. The molecule has 21 heavy (non-hydrogen) atoms. The van der Waals surface area contributed by atoms with E-state index < -0.39 is 12.1 Å². The minimum atomic E-state index is -0.848. The number of hydrogen-bond acceptors (Lipinski definition) is 4. The van der Waals surface area contributed by atoms with E-state index in [1.807, 2.05) is 20.8 Å². The van der Waals surface area contributed by atoms with Gasteiger partial charge in [-0.25, -0.2) is 4.79 Å². The molecule has 0 radical (unpaired) electrons. The van der Waals surface area contributed by atoms with Crippen molar-refractivity contribution < 1.29 is 19.1 Å². The maximum Gasteiger partial charge on any atom is 0.348 e. The lowest BCUT2D eigenvalue weighted by atomic mass is 9.84. The summed E-state index contributed by atoms with van der Waals surface area (Å²) >= 11 is 0. The minimum absolute atomic E-state index is 0.121. The standard InChI is InChI=1S/C17H30O4/c1-8-9-20-17(19)16(12(4)5)21-15(18)10-13(6)14(7)11(2)3/h8,11-14,16H,1,9-10H2,2-7H3/t13-,14+,16-/m0/s1. The zero-order chi connectivity index (χ0) is 16.6. The van der Waals surface area contributed by atoms with Crippen molar-refractivity contribution >= 4 is 11.9 Å². The van der Waals surface area contributed by atoms with E-state index in [4.69, 9.17) is 9.47 Å². The highest BCUT2D eigenvalue weighted by molar-refractivity contribution is 5.79. The van der Waals surface area contributed by atoms with E-state index in [2.05, 4.69) is 27.4 Å². The highest BCUT2D eigenvalue weighted by atomic mass is 16.6. The third-order valence-corrected chi connectivity index (χ3v) is 3.88. The molecule has 0 aliphatic carbocycles. The molecule has 0 saturated heterocycles. The quantitative estimate of drug-likeness (QED) is 0.482. The normalized spacial score (nSPS) is 15.4. The molecule has 0 heterocycles. The van der Waals surface area contributed by atoms with Crippen molar-refractivity contribution in [2.24, 2.45) is 23.7 Å². The Bertz CT molecular complexity index is 347. The Morgan fingerprint density at radius 2 is 1.62 bits per heavy atom. The fourth-order valence-corrected chi connectivity index (χ4v) is 1.98. The zero-order valence-electron chi connectivity index (χ0n) is 14.2. The molecule has 0 aliphatic rings. The first kappa shape index (κ1) is 19.7. The third-order valence-electron chi connectivity index (χ3n) is 3.88. The Morgan fingerprint density at radius 3 is 2.05 bits per heavy atom. The van der Waals surface area contributed by atoms with Gasteiger partial charge in [-0.05, 0) is 17.8 Å². The van der Waals surface area contributed by atoms with Gasteiger partial charge >= 0.3 is 11.9 Å². The lowest BCUT2D eigenvalue weighted by Gasteiger charge is -2.24. The Kier molecular flexibility index (Phi) is 8.98. The molecule has 0 fully saturated rings. The third kappa shape index (κ3) is 7.30. The molecule has 4 nitrogen and oxygen atoms in total. The second-order valence-electron chi connectivity index (χ2n) is 6.36. The zero-order valence-corrected chi connectivity index (χ0v) is 14.2. The maximum atomic E-state index is 12.0. The van der Waals surface area contributed by atoms with Gasteiger partial charge in [0.2, 0.25) is 6.10 Å². The van der Waals surface area contributed by atoms with Gasteiger partial charge in [0.15, 0.2) is 0 Å². The first-order valence-corrected chi connectivity index (χ1v) is 7.67. The van der Waals surface area contributed by atoms with Crippen LogP contribution in [0.15, 0.2) is 12.7 Å². The molecule has 3 atom stereocenters. The van der Waals surface area contributed by atoms with Gasteiger partial charge in [0.05, 0.1) is 0 Å². The average molecular weight is 298 g/mol. The molecule has 122 valence electrons. The number of carbonyl (C=O) groups excluding carboxylic acids is 2. The average Bonchev–Trinajstić information content (AvgIpc) is 2.40. The largest absolute Gasteiger partial charge is 0.459 e. The van der Waals surface area contributed by atoms with Crippen molar-refractivity contribution in [3.05, 3.63) is 12.7 Å². The topological polar surface area (TPSA) is 52.6 Å². The van der Waals surface area contributed by atoms with Crippen LogP contribution >= 0.6 is 0 Å². The lowest BCUT2D eigenvalue weighted by Crippen LogP contribution is -2.34. The van der Waals surface area contributed by atoms with Gasteiger partial charge < -0.3 is 9.47 Å². The van der Waals surface area contributed by atoms with Gasteiger partial charge in [-0.15, -0.1) is 0 Å². The second kappa shape index (κ2) is 9.59. The van der Waals surface area contributed by atoms with Crippen LogP contribution in [-0.2, 0) is 19.1 Å². The molecule has 0 saturated carbocycles. The van der Waals surface area contributed by atoms with Crippen LogP contribution in [0.5, 0.6) is 0 Å². The molecule has 0 aromatic heterocycles. The van der Waals surface area contributed by atoms with Gasteiger partial charge in [0.25, 0.3) is 0 Å². The van der Waals surface area contributed by atoms with Crippen LogP contribution in [0.25, 0.3) is 0 Å². The van der Waals surface area contributed by atoms with Crippen LogP contribution in [0.4, 0.5) is 0 Å². The maximum absolute atomic E-state index is 12.0. The predicted molar refractivity (Wildman–Crippen MR) is 83.7 cm³/mol. The van der Waals surface area contributed by atoms with E-state index in [0.717, 1.165) is 0 Å². The van der Waals surface area contributed by atoms with E-state index in [9.17, 15) is 9.59 Å². The molecule has 0 amide bonds. The van der Waals surface area contributed by atoms with Gasteiger partial charge in [0.1, 0.15) is 6.61 Å². The summed E-state index contributed by atoms with van der Waals surface area (Å²) in [6.45, 7) is 15.7. The van der Waals surface area contributed by atoms with Crippen LogP contribution in [0.2, 0.25) is 0 Å². The summed E-state index contributed by atoms with van der Waals surface area (Å²) in [5.74, 6) is 0.166. The summed E-state index contributed by atoms with van der Waals surface area (Å²) in [5, 5.41) is 0. The van der Waals surface area contributed by atoms with Crippen LogP contribution in [0.1, 0.15) is 48.0 Å². The Hall–Kier alpha value is -1.32. The van der Waals surface area contributed by atoms with E-state index >= 15 is 0 Å². The molecule has 0 rings (SSSR count). The van der Waals surface area contributed by atoms with Gasteiger partial charge in [-0.1, -0.05) is 54.2 Å². The Morgan fingerprint density at radius 1 is 1.05 bits per heavy atom. The molecule has 0 bridgehead atoms. The smallest absolute Gasteiger partial charge is 0.348 e. The second-order valence-corrected chi connectivity index (χ2v) is 6.36. The summed E-state index contributed by atoms with van der Waals surface area (Å²) in [7, 11) is 0. The van der Waals surface area contributed by atoms with Crippen LogP contribution in [-0.4, -0.2) is 24.6 Å². The molecule has 0 aromatic rings. The number of hydrogen-bond donors (Lipinski definition) is 0. The van der Waals surface area contributed by atoms with Crippen molar-refractivity contribution in [2.45, 2.75) is 54.1 Å². The molecule has 4 heteroatoms. The van der Waals surface area contributed by atoms with Crippen molar-refractivity contribution in [3.63, 3.8) is 0 Å². The van der Waals surface area contributed by atoms with Crippen molar-refractivity contribution in [3.8, 4) is 0 Å². The van der Waals surface area contributed by atoms with Crippen LogP contribution in [0.3, 0.4) is 0 Å². The van der Waals surface area contributed by atoms with Gasteiger partial charge in [0, 0.05) is 12.3 Å². The molecular formula is C17H30O4. The van der Waals surface area contributed by atoms with Gasteiger partial charge in [-0.2, -0.15) is 0 Å². The summed E-state index contributed by atoms with van der Waals surface area (Å²) in [6.07, 6.45) is 0.958. The minimum Gasteiger partial charge on any atom is -0.459 e. The summed E-state index contributed by atoms with van der Waals surface area (Å²) in [6, 6.07) is 0. The summed E-state index contributed by atoms with van der Waals surface area (Å²) < 4.78 is 10.3. The molecule has 0 N–H and O–H groups in total. The SMILES string of the molecule is C=CCOC(=O)[C@@H](OC(=O)C[C@H](C)[C@H](C)C(C)C)C(C)C. The van der Waals surface area contributed by atoms with Crippen LogP contribution in [0, 0.1) is 23.7 Å². The van der Waals surface area contributed by atoms with E-state index in [1.165, 1.54) is 6.08 Å². The first-order chi connectivity index (χ1) is 9.70. The number of rotatable bonds is 9. The summed E-state index contributed by atoms with van der Waals surface area (Å²) in [4.78, 5) is 23.9. The van der Waals surface area contributed by atoms with Crippen molar-refractivity contribution in [1.29, 1.82) is 0 Å². The first-order valence-electron chi connectivity index (χ1n) is 7.67. The predicted octanol–water partition coefficient (Wildman–Crippen LogP) is 3.60. The fraction of sp³-hybridized carbons (Fsp3) is 0.765. The highest BCUT2D eigenvalue weighted by Gasteiger charge is 2.29. The molecule has 0 unspecified atom stereocenters. The Labute approximate surface area is 128 Å². The van der Waals surface area contributed by atoms with E-state index in [1.54, 1.807) is 0 Å². The van der Waals surface area contributed by atoms with E-state index in [-0.39, 0.29) is 24.4 Å². The molecular weight excluding hydrogens is 268 g/mol. The fourth-order valence-electron chi connectivity index (χ4n) is 1.98. The van der Waals surface area contributed by atoms with Crippen LogP contribution < -0.4 is 0 Å². The molecule has 0 aromatic carbocycles. The Balaban J connectivity index is 4.55. The summed E-state index contributed by atoms with van der Waals surface area (Å²) in [5.41, 5.74) is 0. The lowest BCUT2D eigenvalue weighted by molar-refractivity contribution is -0.171. The highest BCUT2D eigenvalue weighted by Crippen LogP contribution is 2.23. The van der Waals surface area contributed by atoms with Crippen molar-refractivity contribution in [2.75, 3.05) is 6.61 Å². The van der Waals surface area contributed by atoms with Gasteiger partial charge in [-0.3, -0.25) is 4.79 Å². The van der Waals surface area contributed by atoms with Crippen molar-refractivity contribution in [1.82, 2.24) is 0 Å². The number of carbonyl (C=O) groups is 2. The van der Waals surface area contributed by atoms with E-state index in [0.29, 0.717) is 18.3 Å². The number of ether oxygens (including phenoxy) is 2. The molecule has 0 spiro atoms. The monoisotopic (exact) mass is 298 g/mol. The molecule has 0 aliphatic heterocycles.